The molecule has 0 unspecified atom stereocenters. The molecule has 3 heteroatoms. The third kappa shape index (κ3) is 3.11. The van der Waals surface area contributed by atoms with Crippen LogP contribution in [0.4, 0.5) is 0 Å². The van der Waals surface area contributed by atoms with Gasteiger partial charge in [0.25, 0.3) is 5.91 Å². The van der Waals surface area contributed by atoms with Gasteiger partial charge in [0, 0.05) is 6.04 Å². The molecule has 1 amide bonds. The fourth-order valence-electron chi connectivity index (χ4n) is 1.73. The van der Waals surface area contributed by atoms with E-state index in [-0.39, 0.29) is 11.9 Å². The molecule has 84 valence electrons. The molecule has 1 N–H and O–H groups in total. The minimum atomic E-state index is -0.132. The molecule has 0 fully saturated rings. The highest BCUT2D eigenvalue weighted by molar-refractivity contribution is 5.91. The van der Waals surface area contributed by atoms with Crippen molar-refractivity contribution in [3.8, 4) is 0 Å². The highest BCUT2D eigenvalue weighted by Gasteiger charge is 2.21. The summed E-state index contributed by atoms with van der Waals surface area (Å²) in [6, 6.07) is 3.57. The Morgan fingerprint density at radius 3 is 2.27 bits per heavy atom. The Labute approximate surface area is 90.9 Å². The van der Waals surface area contributed by atoms with Gasteiger partial charge in [0.1, 0.15) is 0 Å². The summed E-state index contributed by atoms with van der Waals surface area (Å²) in [5.74, 6) is 1.08. The maximum absolute atomic E-state index is 11.7. The summed E-state index contributed by atoms with van der Waals surface area (Å²) in [4.78, 5) is 11.7. The fourth-order valence-corrected chi connectivity index (χ4v) is 1.73. The number of carbonyl (C=O) groups is 1. The Morgan fingerprint density at radius 2 is 1.87 bits per heavy atom. The highest BCUT2D eigenvalue weighted by atomic mass is 16.3. The molecule has 15 heavy (non-hydrogen) atoms. The molecule has 0 radical (unpaired) electrons. The second-order valence-corrected chi connectivity index (χ2v) is 4.46. The zero-order chi connectivity index (χ0) is 11.4. The van der Waals surface area contributed by atoms with Gasteiger partial charge in [-0.3, -0.25) is 4.79 Å². The molecular formula is C12H19NO2. The molecule has 0 saturated carbocycles. The minimum Gasteiger partial charge on any atom is -0.459 e. The summed E-state index contributed by atoms with van der Waals surface area (Å²) in [6.07, 6.45) is 1.51. The largest absolute Gasteiger partial charge is 0.459 e. The number of hydrogen-bond acceptors (Lipinski definition) is 2. The van der Waals surface area contributed by atoms with E-state index < -0.39 is 0 Å². The predicted molar refractivity (Wildman–Crippen MR) is 59.6 cm³/mol. The van der Waals surface area contributed by atoms with Crippen LogP contribution in [0.15, 0.2) is 22.8 Å². The third-order valence-corrected chi connectivity index (χ3v) is 2.48. The van der Waals surface area contributed by atoms with Crippen LogP contribution >= 0.6 is 0 Å². The molecule has 0 aliphatic heterocycles. The van der Waals surface area contributed by atoms with Crippen molar-refractivity contribution in [1.82, 2.24) is 5.32 Å². The number of rotatable bonds is 4. The Balaban J connectivity index is 2.63. The first-order valence-corrected chi connectivity index (χ1v) is 5.36. The van der Waals surface area contributed by atoms with E-state index in [1.165, 1.54) is 6.26 Å². The fraction of sp³-hybridized carbons (Fsp3) is 0.583. The molecule has 0 spiro atoms. The van der Waals surface area contributed by atoms with Gasteiger partial charge in [-0.15, -0.1) is 0 Å². The molecule has 0 aliphatic carbocycles. The summed E-state index contributed by atoms with van der Waals surface area (Å²) >= 11 is 0. The molecule has 0 saturated heterocycles. The molecule has 1 aromatic heterocycles. The Kier molecular flexibility index (Phi) is 3.95. The van der Waals surface area contributed by atoms with Gasteiger partial charge in [-0.2, -0.15) is 0 Å². The van der Waals surface area contributed by atoms with E-state index in [4.69, 9.17) is 4.42 Å². The maximum Gasteiger partial charge on any atom is 0.287 e. The number of furan rings is 1. The van der Waals surface area contributed by atoms with Crippen molar-refractivity contribution in [3.63, 3.8) is 0 Å². The average molecular weight is 209 g/mol. The van der Waals surface area contributed by atoms with Crippen LogP contribution in [0.5, 0.6) is 0 Å². The zero-order valence-electron chi connectivity index (χ0n) is 9.78. The first-order chi connectivity index (χ1) is 7.02. The molecule has 3 nitrogen and oxygen atoms in total. The lowest BCUT2D eigenvalue weighted by atomic mass is 9.93. The van der Waals surface area contributed by atoms with Crippen LogP contribution < -0.4 is 5.32 Å². The maximum atomic E-state index is 11.7. The molecule has 1 heterocycles. The van der Waals surface area contributed by atoms with Gasteiger partial charge in [0.2, 0.25) is 0 Å². The Morgan fingerprint density at radius 1 is 1.27 bits per heavy atom. The standard InChI is InChI=1S/C12H19NO2/c1-8(2)11(9(3)4)13-12(14)10-6-5-7-15-10/h5-9,11H,1-4H3,(H,13,14). The van der Waals surface area contributed by atoms with Gasteiger partial charge in [0.05, 0.1) is 6.26 Å². The zero-order valence-corrected chi connectivity index (χ0v) is 9.78. The second kappa shape index (κ2) is 5.01. The Hall–Kier alpha value is -1.25. The van der Waals surface area contributed by atoms with Crippen LogP contribution in [0.3, 0.4) is 0 Å². The van der Waals surface area contributed by atoms with Crippen molar-refractivity contribution in [2.75, 3.05) is 0 Å². The van der Waals surface area contributed by atoms with Gasteiger partial charge in [-0.1, -0.05) is 27.7 Å². The summed E-state index contributed by atoms with van der Waals surface area (Å²) in [7, 11) is 0. The number of amides is 1. The molecule has 0 aliphatic rings. The van der Waals surface area contributed by atoms with Gasteiger partial charge in [-0.25, -0.2) is 0 Å². The van der Waals surface area contributed by atoms with Gasteiger partial charge in [-0.05, 0) is 24.0 Å². The topological polar surface area (TPSA) is 42.2 Å². The van der Waals surface area contributed by atoms with Crippen LogP contribution in [-0.4, -0.2) is 11.9 Å². The number of carbonyl (C=O) groups excluding carboxylic acids is 1. The van der Waals surface area contributed by atoms with Crippen molar-refractivity contribution in [2.24, 2.45) is 11.8 Å². The lowest BCUT2D eigenvalue weighted by Gasteiger charge is -2.25. The molecule has 1 aromatic rings. The van der Waals surface area contributed by atoms with Crippen molar-refractivity contribution in [1.29, 1.82) is 0 Å². The van der Waals surface area contributed by atoms with Crippen LogP contribution in [0, 0.1) is 11.8 Å². The average Bonchev–Trinajstić information content (AvgIpc) is 2.65. The summed E-state index contributed by atoms with van der Waals surface area (Å²) in [5, 5.41) is 2.99. The summed E-state index contributed by atoms with van der Waals surface area (Å²) in [5.41, 5.74) is 0. The monoisotopic (exact) mass is 209 g/mol. The van der Waals surface area contributed by atoms with Crippen LogP contribution in [-0.2, 0) is 0 Å². The summed E-state index contributed by atoms with van der Waals surface area (Å²) < 4.78 is 5.04. The molecule has 0 bridgehead atoms. The van der Waals surface area contributed by atoms with Crippen LogP contribution in [0.2, 0.25) is 0 Å². The third-order valence-electron chi connectivity index (χ3n) is 2.48. The van der Waals surface area contributed by atoms with Gasteiger partial charge >= 0.3 is 0 Å². The van der Waals surface area contributed by atoms with E-state index in [1.54, 1.807) is 12.1 Å². The molecular weight excluding hydrogens is 190 g/mol. The van der Waals surface area contributed by atoms with E-state index >= 15 is 0 Å². The van der Waals surface area contributed by atoms with Crippen molar-refractivity contribution < 1.29 is 9.21 Å². The van der Waals surface area contributed by atoms with E-state index in [9.17, 15) is 4.79 Å². The lowest BCUT2D eigenvalue weighted by molar-refractivity contribution is 0.0882. The van der Waals surface area contributed by atoms with E-state index in [0.717, 1.165) is 0 Å². The van der Waals surface area contributed by atoms with Gasteiger partial charge in [0.15, 0.2) is 5.76 Å². The van der Waals surface area contributed by atoms with Crippen LogP contribution in [0.25, 0.3) is 0 Å². The SMILES string of the molecule is CC(C)C(NC(=O)c1ccco1)C(C)C. The van der Waals surface area contributed by atoms with Crippen LogP contribution in [0.1, 0.15) is 38.2 Å². The predicted octanol–water partition coefficient (Wildman–Crippen LogP) is 2.69. The normalized spacial score (nSPS) is 11.4. The first-order valence-electron chi connectivity index (χ1n) is 5.36. The van der Waals surface area contributed by atoms with Crippen molar-refractivity contribution in [2.45, 2.75) is 33.7 Å². The van der Waals surface area contributed by atoms with E-state index in [1.807, 2.05) is 0 Å². The van der Waals surface area contributed by atoms with Crippen molar-refractivity contribution in [3.05, 3.63) is 24.2 Å². The highest BCUT2D eigenvalue weighted by Crippen LogP contribution is 2.13. The van der Waals surface area contributed by atoms with E-state index in [2.05, 4.69) is 33.0 Å². The molecule has 0 aromatic carbocycles. The van der Waals surface area contributed by atoms with Gasteiger partial charge < -0.3 is 9.73 Å². The quantitative estimate of drug-likeness (QED) is 0.828. The number of hydrogen-bond donors (Lipinski definition) is 1. The second-order valence-electron chi connectivity index (χ2n) is 4.46. The van der Waals surface area contributed by atoms with E-state index in [0.29, 0.717) is 17.6 Å². The number of nitrogens with one attached hydrogen (secondary N) is 1. The first kappa shape index (κ1) is 11.8. The Bertz CT molecular complexity index is 293. The molecule has 1 rings (SSSR count). The minimum absolute atomic E-state index is 0.132. The smallest absolute Gasteiger partial charge is 0.287 e. The summed E-state index contributed by atoms with van der Waals surface area (Å²) in [6.45, 7) is 8.42. The lowest BCUT2D eigenvalue weighted by Crippen LogP contribution is -2.42. The van der Waals surface area contributed by atoms with Crippen molar-refractivity contribution >= 4 is 5.91 Å². The molecule has 0 atom stereocenters.